The van der Waals surface area contributed by atoms with Crippen molar-refractivity contribution in [3.63, 3.8) is 0 Å². The molecule has 0 bridgehead atoms. The van der Waals surface area contributed by atoms with Crippen LogP contribution in [0.1, 0.15) is 19.3 Å². The summed E-state index contributed by atoms with van der Waals surface area (Å²) in [5.74, 6) is -1.46. The monoisotopic (exact) mass is 274 g/mol. The molecule has 1 rings (SSSR count). The van der Waals surface area contributed by atoms with Gasteiger partial charge in [0, 0.05) is 17.4 Å². The van der Waals surface area contributed by atoms with E-state index in [1.807, 2.05) is 0 Å². The average Bonchev–Trinajstić information content (AvgIpc) is 2.21. The number of aliphatic carboxylic acids is 1. The summed E-state index contributed by atoms with van der Waals surface area (Å²) in [6.07, 6.45) is 0.202. The second-order valence-corrected chi connectivity index (χ2v) is 4.24. The second kappa shape index (κ2) is 6.47. The van der Waals surface area contributed by atoms with Crippen molar-refractivity contribution in [3.8, 4) is 0 Å². The van der Waals surface area contributed by atoms with Gasteiger partial charge in [-0.2, -0.15) is 0 Å². The van der Waals surface area contributed by atoms with Crippen LogP contribution in [0.4, 0.5) is 5.69 Å². The lowest BCUT2D eigenvalue weighted by molar-refractivity contribution is -0.305. The van der Waals surface area contributed by atoms with Crippen molar-refractivity contribution < 1.29 is 14.7 Å². The summed E-state index contributed by atoms with van der Waals surface area (Å²) in [6.45, 7) is 0. The minimum atomic E-state index is -1.16. The van der Waals surface area contributed by atoms with Crippen molar-refractivity contribution in [2.75, 3.05) is 5.32 Å². The van der Waals surface area contributed by atoms with Gasteiger partial charge in [0.2, 0.25) is 5.91 Å². The lowest BCUT2D eigenvalue weighted by Crippen LogP contribution is -2.22. The lowest BCUT2D eigenvalue weighted by atomic mass is 10.2. The first-order valence-corrected chi connectivity index (χ1v) is 5.69. The van der Waals surface area contributed by atoms with Crippen LogP contribution in [0.5, 0.6) is 0 Å². The third-order valence-corrected chi connectivity index (χ3v) is 2.54. The van der Waals surface area contributed by atoms with Crippen LogP contribution in [0, 0.1) is 0 Å². The quantitative estimate of drug-likeness (QED) is 0.891. The number of anilines is 1. The Hall–Kier alpha value is -1.26. The van der Waals surface area contributed by atoms with Crippen molar-refractivity contribution in [1.29, 1.82) is 0 Å². The minimum Gasteiger partial charge on any atom is -0.550 e. The summed E-state index contributed by atoms with van der Waals surface area (Å²) in [4.78, 5) is 21.6. The SMILES string of the molecule is O=C([O-])CCCC(=O)Nc1ccc(Cl)cc1Cl. The summed E-state index contributed by atoms with van der Waals surface area (Å²) in [7, 11) is 0. The Morgan fingerprint density at radius 2 is 1.94 bits per heavy atom. The van der Waals surface area contributed by atoms with E-state index >= 15 is 0 Å². The van der Waals surface area contributed by atoms with E-state index in [1.54, 1.807) is 12.1 Å². The van der Waals surface area contributed by atoms with Crippen molar-refractivity contribution in [3.05, 3.63) is 28.2 Å². The zero-order chi connectivity index (χ0) is 12.8. The Labute approximate surface area is 109 Å². The fourth-order valence-electron chi connectivity index (χ4n) is 1.20. The predicted molar refractivity (Wildman–Crippen MR) is 63.9 cm³/mol. The predicted octanol–water partition coefficient (Wildman–Crippen LogP) is 1.85. The number of benzene rings is 1. The molecule has 0 aliphatic carbocycles. The first kappa shape index (κ1) is 13.8. The third kappa shape index (κ3) is 5.06. The zero-order valence-electron chi connectivity index (χ0n) is 8.83. The topological polar surface area (TPSA) is 69.2 Å². The molecule has 0 aliphatic rings. The van der Waals surface area contributed by atoms with Crippen LogP contribution in [0.15, 0.2) is 18.2 Å². The van der Waals surface area contributed by atoms with E-state index in [4.69, 9.17) is 23.2 Å². The highest BCUT2D eigenvalue weighted by Gasteiger charge is 2.06. The fourth-order valence-corrected chi connectivity index (χ4v) is 1.65. The van der Waals surface area contributed by atoms with Gasteiger partial charge in [-0.05, 0) is 31.0 Å². The molecule has 0 unspecified atom stereocenters. The van der Waals surface area contributed by atoms with E-state index in [2.05, 4.69) is 5.32 Å². The molecule has 4 nitrogen and oxygen atoms in total. The van der Waals surface area contributed by atoms with Crippen LogP contribution < -0.4 is 10.4 Å². The number of nitrogens with one attached hydrogen (secondary N) is 1. The van der Waals surface area contributed by atoms with E-state index in [-0.39, 0.29) is 25.2 Å². The van der Waals surface area contributed by atoms with Crippen LogP contribution in [0.25, 0.3) is 0 Å². The van der Waals surface area contributed by atoms with Gasteiger partial charge < -0.3 is 15.2 Å². The third-order valence-electron chi connectivity index (χ3n) is 1.99. The normalized spacial score (nSPS) is 10.0. The van der Waals surface area contributed by atoms with E-state index in [0.717, 1.165) is 0 Å². The molecule has 17 heavy (non-hydrogen) atoms. The maximum absolute atomic E-state index is 11.4. The molecule has 0 radical (unpaired) electrons. The molecule has 0 atom stereocenters. The number of hydrogen-bond donors (Lipinski definition) is 1. The fraction of sp³-hybridized carbons (Fsp3) is 0.273. The van der Waals surface area contributed by atoms with E-state index in [9.17, 15) is 14.7 Å². The number of carbonyl (C=O) groups is 2. The summed E-state index contributed by atoms with van der Waals surface area (Å²) in [5, 5.41) is 13.5. The Morgan fingerprint density at radius 3 is 2.53 bits per heavy atom. The Bertz CT molecular complexity index is 435. The van der Waals surface area contributed by atoms with Crippen molar-refractivity contribution in [1.82, 2.24) is 0 Å². The number of carbonyl (C=O) groups excluding carboxylic acids is 2. The molecule has 1 aromatic carbocycles. The molecule has 6 heteroatoms. The number of amides is 1. The molecule has 1 N–H and O–H groups in total. The van der Waals surface area contributed by atoms with Crippen LogP contribution in [-0.4, -0.2) is 11.9 Å². The van der Waals surface area contributed by atoms with Crippen LogP contribution >= 0.6 is 23.2 Å². The molecular weight excluding hydrogens is 265 g/mol. The number of rotatable bonds is 5. The van der Waals surface area contributed by atoms with Gasteiger partial charge in [0.25, 0.3) is 0 Å². The Kier molecular flexibility index (Phi) is 5.25. The Morgan fingerprint density at radius 1 is 1.24 bits per heavy atom. The number of halogens is 2. The minimum absolute atomic E-state index is 0.104. The van der Waals surface area contributed by atoms with Gasteiger partial charge in [0.05, 0.1) is 10.7 Å². The summed E-state index contributed by atoms with van der Waals surface area (Å²) >= 11 is 11.6. The smallest absolute Gasteiger partial charge is 0.224 e. The van der Waals surface area contributed by atoms with Gasteiger partial charge in [0.1, 0.15) is 0 Å². The molecule has 0 fully saturated rings. The maximum atomic E-state index is 11.4. The molecule has 92 valence electrons. The summed E-state index contributed by atoms with van der Waals surface area (Å²) < 4.78 is 0. The molecule has 0 aromatic heterocycles. The molecular formula is C11H10Cl2NO3-. The zero-order valence-corrected chi connectivity index (χ0v) is 10.3. The molecule has 1 aromatic rings. The highest BCUT2D eigenvalue weighted by atomic mass is 35.5. The van der Waals surface area contributed by atoms with Crippen LogP contribution in [0.2, 0.25) is 10.0 Å². The Balaban J connectivity index is 2.48. The molecule has 1 amide bonds. The van der Waals surface area contributed by atoms with Crippen molar-refractivity contribution in [2.45, 2.75) is 19.3 Å². The van der Waals surface area contributed by atoms with Gasteiger partial charge in [-0.15, -0.1) is 0 Å². The lowest BCUT2D eigenvalue weighted by Gasteiger charge is -2.07. The summed E-state index contributed by atoms with van der Waals surface area (Å²) in [5.41, 5.74) is 0.453. The van der Waals surface area contributed by atoms with Crippen molar-refractivity contribution >= 4 is 40.8 Å². The van der Waals surface area contributed by atoms with Gasteiger partial charge in [0.15, 0.2) is 0 Å². The maximum Gasteiger partial charge on any atom is 0.224 e. The van der Waals surface area contributed by atoms with Gasteiger partial charge in [-0.1, -0.05) is 23.2 Å². The molecule has 0 heterocycles. The average molecular weight is 275 g/mol. The number of carboxylic acid groups (broad SMARTS) is 1. The first-order chi connectivity index (χ1) is 7.99. The van der Waals surface area contributed by atoms with E-state index in [0.29, 0.717) is 15.7 Å². The molecule has 0 spiro atoms. The van der Waals surface area contributed by atoms with Gasteiger partial charge in [-0.25, -0.2) is 0 Å². The van der Waals surface area contributed by atoms with E-state index < -0.39 is 5.97 Å². The van der Waals surface area contributed by atoms with Crippen LogP contribution in [0.3, 0.4) is 0 Å². The second-order valence-electron chi connectivity index (χ2n) is 3.40. The standard InChI is InChI=1S/C11H11Cl2NO3/c12-7-4-5-9(8(13)6-7)14-10(15)2-1-3-11(16)17/h4-6H,1-3H2,(H,14,15)(H,16,17)/p-1. The summed E-state index contributed by atoms with van der Waals surface area (Å²) in [6, 6.07) is 4.70. The van der Waals surface area contributed by atoms with Gasteiger partial charge in [-0.3, -0.25) is 4.79 Å². The van der Waals surface area contributed by atoms with Gasteiger partial charge >= 0.3 is 0 Å². The largest absolute Gasteiger partial charge is 0.550 e. The number of carboxylic acids is 1. The first-order valence-electron chi connectivity index (χ1n) is 4.94. The molecule has 0 aliphatic heterocycles. The highest BCUT2D eigenvalue weighted by Crippen LogP contribution is 2.25. The van der Waals surface area contributed by atoms with E-state index in [1.165, 1.54) is 6.07 Å². The molecule has 0 saturated carbocycles. The van der Waals surface area contributed by atoms with Crippen molar-refractivity contribution in [2.24, 2.45) is 0 Å². The number of hydrogen-bond acceptors (Lipinski definition) is 3. The molecule has 0 saturated heterocycles. The highest BCUT2D eigenvalue weighted by molar-refractivity contribution is 6.36. The van der Waals surface area contributed by atoms with Crippen LogP contribution in [-0.2, 0) is 9.59 Å².